The van der Waals surface area contributed by atoms with Crippen LogP contribution in [0.1, 0.15) is 75.2 Å². The van der Waals surface area contributed by atoms with E-state index in [1.165, 1.54) is 0 Å². The lowest BCUT2D eigenvalue weighted by molar-refractivity contribution is -0.229. The van der Waals surface area contributed by atoms with E-state index in [2.05, 4.69) is 10.6 Å². The van der Waals surface area contributed by atoms with E-state index in [1.807, 2.05) is 0 Å². The third-order valence-electron chi connectivity index (χ3n) is 5.51. The summed E-state index contributed by atoms with van der Waals surface area (Å²) in [5, 5.41) is 5.32. The molecule has 18 heteroatoms. The number of nitrogens with one attached hydrogen (secondary N) is 2. The van der Waals surface area contributed by atoms with Gasteiger partial charge in [0.25, 0.3) is 0 Å². The van der Waals surface area contributed by atoms with Crippen LogP contribution in [0.3, 0.4) is 0 Å². The Hall–Kier alpha value is -2.59. The van der Waals surface area contributed by atoms with Gasteiger partial charge in [0.05, 0.1) is 0 Å². The topological polar surface area (TPSA) is 191 Å². The average Bonchev–Trinajstić information content (AvgIpc) is 2.84. The Labute approximate surface area is 282 Å². The van der Waals surface area contributed by atoms with Crippen molar-refractivity contribution in [3.05, 3.63) is 0 Å². The molecule has 0 aromatic carbocycles. The maximum atomic E-state index is 13.4. The van der Waals surface area contributed by atoms with Gasteiger partial charge < -0.3 is 38.5 Å². The van der Waals surface area contributed by atoms with Crippen molar-refractivity contribution >= 4 is 70.7 Å². The van der Waals surface area contributed by atoms with E-state index >= 15 is 0 Å². The van der Waals surface area contributed by atoms with Crippen LogP contribution < -0.4 is 10.6 Å². The van der Waals surface area contributed by atoms with E-state index in [1.54, 1.807) is 41.5 Å². The molecule has 0 aromatic rings. The Kier molecular flexibility index (Phi) is 15.8. The highest BCUT2D eigenvalue weighted by Crippen LogP contribution is 2.29. The largest absolute Gasteiger partial charge is 0.463 e. The zero-order valence-corrected chi connectivity index (χ0v) is 29.5. The minimum absolute atomic E-state index is 0.172. The van der Waals surface area contributed by atoms with Crippen LogP contribution in [0.25, 0.3) is 0 Å². The zero-order chi connectivity index (χ0) is 35.6. The van der Waals surface area contributed by atoms with Gasteiger partial charge in [0.15, 0.2) is 12.2 Å². The van der Waals surface area contributed by atoms with Crippen LogP contribution in [-0.2, 0) is 57.1 Å². The number of hydrogen-bond donors (Lipinski definition) is 2. The van der Waals surface area contributed by atoms with Gasteiger partial charge in [-0.05, 0) is 48.0 Å². The van der Waals surface area contributed by atoms with Crippen LogP contribution in [0.15, 0.2) is 0 Å². The van der Waals surface area contributed by atoms with E-state index < -0.39 is 101 Å². The maximum absolute atomic E-state index is 13.4. The molecule has 0 spiro atoms. The summed E-state index contributed by atoms with van der Waals surface area (Å²) < 4.78 is 36.0. The molecule has 0 bridgehead atoms. The standard InChI is InChI=1S/C28H43Cl3N2O13/c1-14(34)40-12-18-21(42-15(2)35)22(43-16(3)36)20(33-25(39)41-13-28(29,30)31)23(44-18)32-17(24(38)46-27(7,8)9)10-11-19(37)45-26(4,5)6/h17-18,20-23,32H,10-13H2,1-9H3,(H,33,39)/t17-,18+,20+,21+,22+,23+/m0/s1. The van der Waals surface area contributed by atoms with Crippen LogP contribution in [-0.4, -0.2) is 101 Å². The third-order valence-corrected chi connectivity index (χ3v) is 5.84. The Bertz CT molecular complexity index is 1100. The third kappa shape index (κ3) is 16.8. The van der Waals surface area contributed by atoms with Crippen molar-refractivity contribution in [3.8, 4) is 0 Å². The first-order valence-electron chi connectivity index (χ1n) is 14.2. The summed E-state index contributed by atoms with van der Waals surface area (Å²) in [7, 11) is 0. The molecule has 1 amide bonds. The van der Waals surface area contributed by atoms with Gasteiger partial charge in [0.2, 0.25) is 3.79 Å². The molecule has 0 aromatic heterocycles. The fraction of sp³-hybridized carbons (Fsp3) is 0.786. The van der Waals surface area contributed by atoms with Crippen LogP contribution in [0.5, 0.6) is 0 Å². The highest BCUT2D eigenvalue weighted by molar-refractivity contribution is 6.67. The number of rotatable bonds is 12. The first kappa shape index (κ1) is 41.4. The van der Waals surface area contributed by atoms with Crippen molar-refractivity contribution in [2.45, 2.75) is 127 Å². The lowest BCUT2D eigenvalue weighted by Crippen LogP contribution is -2.70. The Morgan fingerprint density at radius 3 is 1.80 bits per heavy atom. The number of hydrogen-bond acceptors (Lipinski definition) is 14. The van der Waals surface area contributed by atoms with Crippen molar-refractivity contribution in [3.63, 3.8) is 0 Å². The van der Waals surface area contributed by atoms with Crippen LogP contribution in [0, 0.1) is 0 Å². The first-order chi connectivity index (χ1) is 20.9. The fourth-order valence-electron chi connectivity index (χ4n) is 4.06. The number of ether oxygens (including phenoxy) is 7. The molecule has 1 fully saturated rings. The SMILES string of the molecule is CC(=O)OC[C@H]1O[C@@H](N[C@@H](CCC(=O)OC(C)(C)C)C(=O)OC(C)(C)C)[C@H](NC(=O)OCC(Cl)(Cl)Cl)[C@@H](OC(C)=O)[C@@H]1OC(C)=O. The van der Waals surface area contributed by atoms with Crippen LogP contribution in [0.4, 0.5) is 4.79 Å². The molecule has 1 aliphatic heterocycles. The number of carbonyl (C=O) groups excluding carboxylic acids is 6. The van der Waals surface area contributed by atoms with Gasteiger partial charge >= 0.3 is 35.9 Å². The van der Waals surface area contributed by atoms with E-state index in [-0.39, 0.29) is 12.8 Å². The van der Waals surface area contributed by atoms with Gasteiger partial charge in [-0.2, -0.15) is 0 Å². The first-order valence-corrected chi connectivity index (χ1v) is 15.3. The smallest absolute Gasteiger partial charge is 0.407 e. The van der Waals surface area contributed by atoms with Crippen molar-refractivity contribution in [1.82, 2.24) is 10.6 Å². The van der Waals surface area contributed by atoms with Crippen molar-refractivity contribution in [1.29, 1.82) is 0 Å². The predicted octanol–water partition coefficient (Wildman–Crippen LogP) is 3.02. The minimum Gasteiger partial charge on any atom is -0.463 e. The van der Waals surface area contributed by atoms with E-state index in [0.29, 0.717) is 0 Å². The molecular formula is C28H43Cl3N2O13. The summed E-state index contributed by atoms with van der Waals surface area (Å²) in [4.78, 5) is 74.8. The number of carbonyl (C=O) groups is 6. The van der Waals surface area contributed by atoms with Crippen molar-refractivity contribution in [2.75, 3.05) is 13.2 Å². The number of halogens is 3. The Balaban J connectivity index is 3.63. The van der Waals surface area contributed by atoms with Gasteiger partial charge in [0, 0.05) is 27.2 Å². The summed E-state index contributed by atoms with van der Waals surface area (Å²) >= 11 is 17.1. The molecule has 0 radical (unpaired) electrons. The summed E-state index contributed by atoms with van der Waals surface area (Å²) in [6.45, 7) is 12.0. The van der Waals surface area contributed by atoms with E-state index in [9.17, 15) is 28.8 Å². The lowest BCUT2D eigenvalue weighted by Gasteiger charge is -2.46. The van der Waals surface area contributed by atoms with Gasteiger partial charge in [-0.3, -0.25) is 29.3 Å². The molecule has 15 nitrogen and oxygen atoms in total. The molecular weight excluding hydrogens is 679 g/mol. The average molecular weight is 722 g/mol. The Morgan fingerprint density at radius 2 is 1.33 bits per heavy atom. The molecule has 1 saturated heterocycles. The second-order valence-corrected chi connectivity index (χ2v) is 14.8. The van der Waals surface area contributed by atoms with Crippen molar-refractivity contribution < 1.29 is 61.9 Å². The second-order valence-electron chi connectivity index (χ2n) is 12.3. The zero-order valence-electron chi connectivity index (χ0n) is 27.2. The van der Waals surface area contributed by atoms with Crippen LogP contribution in [0.2, 0.25) is 0 Å². The Morgan fingerprint density at radius 1 is 0.783 bits per heavy atom. The number of alkyl halides is 3. The number of esters is 5. The molecule has 6 atom stereocenters. The highest BCUT2D eigenvalue weighted by atomic mass is 35.6. The van der Waals surface area contributed by atoms with Crippen LogP contribution >= 0.6 is 34.8 Å². The number of alkyl carbamates (subject to hydrolysis) is 1. The van der Waals surface area contributed by atoms with Gasteiger partial charge in [-0.25, -0.2) is 4.79 Å². The lowest BCUT2D eigenvalue weighted by atomic mass is 9.94. The van der Waals surface area contributed by atoms with E-state index in [4.69, 9.17) is 68.0 Å². The molecule has 2 N–H and O–H groups in total. The molecule has 46 heavy (non-hydrogen) atoms. The minimum atomic E-state index is -1.98. The molecule has 0 aliphatic carbocycles. The maximum Gasteiger partial charge on any atom is 0.407 e. The summed E-state index contributed by atoms with van der Waals surface area (Å²) in [5.41, 5.74) is -1.75. The molecule has 0 unspecified atom stereocenters. The van der Waals surface area contributed by atoms with Gasteiger partial charge in [0.1, 0.15) is 48.8 Å². The van der Waals surface area contributed by atoms with E-state index in [0.717, 1.165) is 20.8 Å². The van der Waals surface area contributed by atoms with Gasteiger partial charge in [-0.15, -0.1) is 0 Å². The predicted molar refractivity (Wildman–Crippen MR) is 163 cm³/mol. The molecule has 1 aliphatic rings. The summed E-state index contributed by atoms with van der Waals surface area (Å²) in [6.07, 6.45) is -7.31. The summed E-state index contributed by atoms with van der Waals surface area (Å²) in [6, 6.07) is -2.74. The fourth-order valence-corrected chi connectivity index (χ4v) is 4.22. The molecule has 1 heterocycles. The molecule has 1 rings (SSSR count). The highest BCUT2D eigenvalue weighted by Gasteiger charge is 2.52. The molecule has 0 saturated carbocycles. The molecule has 264 valence electrons. The number of amides is 1. The quantitative estimate of drug-likeness (QED) is 0.170. The second kappa shape index (κ2) is 17.5. The van der Waals surface area contributed by atoms with Gasteiger partial charge in [-0.1, -0.05) is 34.8 Å². The monoisotopic (exact) mass is 720 g/mol. The van der Waals surface area contributed by atoms with Crippen molar-refractivity contribution in [2.24, 2.45) is 0 Å². The summed E-state index contributed by atoms with van der Waals surface area (Å²) in [5.74, 6) is -3.81. The normalized spacial score (nSPS) is 22.5.